The summed E-state index contributed by atoms with van der Waals surface area (Å²) in [6.45, 7) is 5.94. The fraction of sp³-hybridized carbons (Fsp3) is 0.750. The van der Waals surface area contributed by atoms with Crippen LogP contribution >= 0.6 is 0 Å². The molecule has 7 nitrogen and oxygen atoms in total. The Hall–Kier alpha value is -1.70. The number of carboxylic acids is 1. The zero-order chi connectivity index (χ0) is 23.1. The van der Waals surface area contributed by atoms with Crippen molar-refractivity contribution in [2.45, 2.75) is 83.7 Å². The van der Waals surface area contributed by atoms with Crippen LogP contribution < -0.4 is 0 Å². The Bertz CT molecular complexity index is 671. The van der Waals surface area contributed by atoms with Crippen LogP contribution in [0.15, 0.2) is 23.8 Å². The number of hydrogen-bond acceptors (Lipinski definition) is 6. The van der Waals surface area contributed by atoms with Gasteiger partial charge >= 0.3 is 11.9 Å². The van der Waals surface area contributed by atoms with Gasteiger partial charge in [0.25, 0.3) is 0 Å². The van der Waals surface area contributed by atoms with Crippen LogP contribution in [0, 0.1) is 23.7 Å². The molecular formula is C24H38O7. The van der Waals surface area contributed by atoms with E-state index in [1.54, 1.807) is 7.11 Å². The molecule has 2 aliphatic rings. The summed E-state index contributed by atoms with van der Waals surface area (Å²) in [5.41, 5.74) is 1.00. The molecule has 3 N–H and O–H groups in total. The van der Waals surface area contributed by atoms with Crippen molar-refractivity contribution in [3.05, 3.63) is 23.8 Å². The molecule has 0 aromatic carbocycles. The van der Waals surface area contributed by atoms with Gasteiger partial charge in [0.15, 0.2) is 0 Å². The molecule has 0 fully saturated rings. The molecular weight excluding hydrogens is 400 g/mol. The lowest BCUT2D eigenvalue weighted by atomic mass is 9.66. The molecule has 0 saturated carbocycles. The summed E-state index contributed by atoms with van der Waals surface area (Å²) in [5.74, 6) is -1.01. The van der Waals surface area contributed by atoms with Gasteiger partial charge in [-0.1, -0.05) is 39.0 Å². The summed E-state index contributed by atoms with van der Waals surface area (Å²) in [6, 6.07) is 0. The van der Waals surface area contributed by atoms with Crippen LogP contribution in [0.4, 0.5) is 0 Å². The van der Waals surface area contributed by atoms with E-state index in [2.05, 4.69) is 13.0 Å². The Kier molecular flexibility index (Phi) is 9.72. The number of carboxylic acid groups (broad SMARTS) is 1. The maximum Gasteiger partial charge on any atom is 0.308 e. The highest BCUT2D eigenvalue weighted by Gasteiger charge is 2.42. The zero-order valence-electron chi connectivity index (χ0n) is 19.1. The molecule has 0 heterocycles. The molecule has 0 radical (unpaired) electrons. The number of aliphatic hydroxyl groups excluding tert-OH is 2. The number of rotatable bonds is 11. The topological polar surface area (TPSA) is 113 Å². The summed E-state index contributed by atoms with van der Waals surface area (Å²) in [4.78, 5) is 23.3. The van der Waals surface area contributed by atoms with E-state index in [-0.39, 0.29) is 54.7 Å². The summed E-state index contributed by atoms with van der Waals surface area (Å²) >= 11 is 0. The summed E-state index contributed by atoms with van der Waals surface area (Å²) < 4.78 is 11.4. The Morgan fingerprint density at radius 3 is 2.65 bits per heavy atom. The molecule has 31 heavy (non-hydrogen) atoms. The zero-order valence-corrected chi connectivity index (χ0v) is 19.1. The predicted octanol–water partition coefficient (Wildman–Crippen LogP) is 3.09. The van der Waals surface area contributed by atoms with E-state index in [1.807, 2.05) is 26.0 Å². The second-order valence-corrected chi connectivity index (χ2v) is 9.08. The number of fused-ring (bicyclic) bond motifs is 1. The molecule has 0 bridgehead atoms. The van der Waals surface area contributed by atoms with E-state index in [4.69, 9.17) is 14.6 Å². The number of esters is 1. The molecule has 0 aromatic heterocycles. The largest absolute Gasteiger partial charge is 0.481 e. The highest BCUT2D eigenvalue weighted by Crippen LogP contribution is 2.44. The Morgan fingerprint density at radius 2 is 2.03 bits per heavy atom. The standard InChI is InChI=1S/C24H38O7/c1-5-14(2)24(29)31-21-12-17(25)10-16-7-6-15(3)20(23(16)21)9-8-19(30-4)11-18(26)13-22(27)28/h6-7,10,14-15,17-21,23,25-26H,5,8-9,11-13H2,1-4H3,(H,27,28)/t14-,15-,17+,18+,19+,20-,21-,23-/m0/s1. The van der Waals surface area contributed by atoms with Crippen LogP contribution in [0.1, 0.15) is 59.3 Å². The van der Waals surface area contributed by atoms with Crippen LogP contribution in [0.25, 0.3) is 0 Å². The second kappa shape index (κ2) is 11.8. The van der Waals surface area contributed by atoms with Gasteiger partial charge in [0.05, 0.1) is 30.7 Å². The third kappa shape index (κ3) is 7.16. The predicted molar refractivity (Wildman–Crippen MR) is 116 cm³/mol. The van der Waals surface area contributed by atoms with Crippen molar-refractivity contribution in [3.63, 3.8) is 0 Å². The lowest BCUT2D eigenvalue weighted by Crippen LogP contribution is -2.43. The first-order chi connectivity index (χ1) is 14.7. The van der Waals surface area contributed by atoms with Gasteiger partial charge in [-0.05, 0) is 36.7 Å². The molecule has 0 unspecified atom stereocenters. The highest BCUT2D eigenvalue weighted by atomic mass is 16.5. The van der Waals surface area contributed by atoms with Crippen LogP contribution in [-0.2, 0) is 19.1 Å². The normalized spacial score (nSPS) is 30.6. The SMILES string of the molecule is CC[C@H](C)C(=O)O[C@H]1C[C@H](O)C=C2C=C[C@H](C)[C@H](CC[C@H](C[C@@H](O)CC(=O)O)OC)[C@H]21. The van der Waals surface area contributed by atoms with Crippen molar-refractivity contribution in [2.24, 2.45) is 23.7 Å². The minimum Gasteiger partial charge on any atom is -0.481 e. The van der Waals surface area contributed by atoms with E-state index in [9.17, 15) is 19.8 Å². The van der Waals surface area contributed by atoms with Crippen molar-refractivity contribution >= 4 is 11.9 Å². The lowest BCUT2D eigenvalue weighted by molar-refractivity contribution is -0.159. The first-order valence-electron chi connectivity index (χ1n) is 11.4. The number of allylic oxidation sites excluding steroid dienone is 2. The molecule has 0 saturated heterocycles. The van der Waals surface area contributed by atoms with Gasteiger partial charge in [0, 0.05) is 25.9 Å². The van der Waals surface area contributed by atoms with Crippen molar-refractivity contribution < 1.29 is 34.4 Å². The van der Waals surface area contributed by atoms with Crippen LogP contribution in [0.2, 0.25) is 0 Å². The number of hydrogen-bond donors (Lipinski definition) is 3. The monoisotopic (exact) mass is 438 g/mol. The number of ether oxygens (including phenoxy) is 2. The first kappa shape index (κ1) is 25.6. The molecule has 8 atom stereocenters. The third-order valence-electron chi connectivity index (χ3n) is 6.76. The first-order valence-corrected chi connectivity index (χ1v) is 11.4. The molecule has 2 aliphatic carbocycles. The van der Waals surface area contributed by atoms with Gasteiger partial charge in [-0.15, -0.1) is 0 Å². The van der Waals surface area contributed by atoms with Crippen LogP contribution in [-0.4, -0.2) is 58.8 Å². The lowest BCUT2D eigenvalue weighted by Gasteiger charge is -2.43. The molecule has 0 aromatic rings. The summed E-state index contributed by atoms with van der Waals surface area (Å²) in [7, 11) is 1.57. The highest BCUT2D eigenvalue weighted by molar-refractivity contribution is 5.72. The number of aliphatic hydroxyl groups is 2. The molecule has 0 amide bonds. The van der Waals surface area contributed by atoms with Crippen molar-refractivity contribution in [2.75, 3.05) is 7.11 Å². The van der Waals surface area contributed by atoms with Crippen molar-refractivity contribution in [1.29, 1.82) is 0 Å². The van der Waals surface area contributed by atoms with Crippen LogP contribution in [0.3, 0.4) is 0 Å². The minimum atomic E-state index is -1.03. The van der Waals surface area contributed by atoms with E-state index in [0.717, 1.165) is 12.0 Å². The molecule has 2 rings (SSSR count). The Labute approximate surface area is 185 Å². The quantitative estimate of drug-likeness (QED) is 0.425. The van der Waals surface area contributed by atoms with Crippen LogP contribution in [0.5, 0.6) is 0 Å². The van der Waals surface area contributed by atoms with E-state index in [0.29, 0.717) is 19.3 Å². The minimum absolute atomic E-state index is 0.00199. The third-order valence-corrected chi connectivity index (χ3v) is 6.76. The smallest absolute Gasteiger partial charge is 0.308 e. The molecule has 0 spiro atoms. The molecule has 176 valence electrons. The van der Waals surface area contributed by atoms with Gasteiger partial charge < -0.3 is 24.8 Å². The van der Waals surface area contributed by atoms with Crippen molar-refractivity contribution in [3.8, 4) is 0 Å². The molecule has 0 aliphatic heterocycles. The molecule has 7 heteroatoms. The maximum atomic E-state index is 12.5. The Morgan fingerprint density at radius 1 is 1.32 bits per heavy atom. The van der Waals surface area contributed by atoms with E-state index < -0.39 is 18.2 Å². The van der Waals surface area contributed by atoms with Gasteiger partial charge in [-0.3, -0.25) is 9.59 Å². The average molecular weight is 439 g/mol. The van der Waals surface area contributed by atoms with Gasteiger partial charge in [0.2, 0.25) is 0 Å². The van der Waals surface area contributed by atoms with Gasteiger partial charge in [-0.25, -0.2) is 0 Å². The average Bonchev–Trinajstić information content (AvgIpc) is 2.70. The number of methoxy groups -OCH3 is 1. The second-order valence-electron chi connectivity index (χ2n) is 9.08. The number of carbonyl (C=O) groups excluding carboxylic acids is 1. The fourth-order valence-corrected chi connectivity index (χ4v) is 4.72. The van der Waals surface area contributed by atoms with E-state index >= 15 is 0 Å². The summed E-state index contributed by atoms with van der Waals surface area (Å²) in [6.07, 6.45) is 6.28. The van der Waals surface area contributed by atoms with Gasteiger partial charge in [-0.2, -0.15) is 0 Å². The number of carbonyl (C=O) groups is 2. The fourth-order valence-electron chi connectivity index (χ4n) is 4.72. The Balaban J connectivity index is 2.13. The van der Waals surface area contributed by atoms with Crippen molar-refractivity contribution in [1.82, 2.24) is 0 Å². The van der Waals surface area contributed by atoms with E-state index in [1.165, 1.54) is 0 Å². The number of aliphatic carboxylic acids is 1. The maximum absolute atomic E-state index is 12.5. The van der Waals surface area contributed by atoms with Gasteiger partial charge in [0.1, 0.15) is 6.10 Å². The summed E-state index contributed by atoms with van der Waals surface area (Å²) in [5, 5.41) is 29.2.